The van der Waals surface area contributed by atoms with Crippen molar-refractivity contribution in [3.63, 3.8) is 0 Å². The average Bonchev–Trinajstić information content (AvgIpc) is 2.91. The van der Waals surface area contributed by atoms with Gasteiger partial charge in [0.2, 0.25) is 5.91 Å². The number of hydrogen-bond donors (Lipinski definition) is 1. The highest BCUT2D eigenvalue weighted by atomic mass is 16.6. The van der Waals surface area contributed by atoms with Gasteiger partial charge in [-0.1, -0.05) is 19.1 Å². The second-order valence-electron chi connectivity index (χ2n) is 5.32. The highest BCUT2D eigenvalue weighted by Crippen LogP contribution is 2.26. The Morgan fingerprint density at radius 3 is 2.43 bits per heavy atom. The zero-order valence-electron chi connectivity index (χ0n) is 12.4. The number of hydrogen-bond acceptors (Lipinski definition) is 5. The van der Waals surface area contributed by atoms with Crippen LogP contribution in [0.1, 0.15) is 18.6 Å². The lowest BCUT2D eigenvalue weighted by atomic mass is 9.96. The van der Waals surface area contributed by atoms with Crippen molar-refractivity contribution in [2.24, 2.45) is 5.92 Å². The third kappa shape index (κ3) is 3.16. The van der Waals surface area contributed by atoms with Crippen molar-refractivity contribution >= 4 is 17.7 Å². The van der Waals surface area contributed by atoms with E-state index in [0.717, 1.165) is 10.6 Å². The Bertz CT molecular complexity index is 527. The molecule has 0 radical (unpaired) electrons. The summed E-state index contributed by atoms with van der Waals surface area (Å²) in [4.78, 5) is 26.6. The van der Waals surface area contributed by atoms with Gasteiger partial charge in [0.1, 0.15) is 6.61 Å². The van der Waals surface area contributed by atoms with Gasteiger partial charge in [0.05, 0.1) is 18.6 Å². The zero-order valence-corrected chi connectivity index (χ0v) is 12.4. The van der Waals surface area contributed by atoms with Crippen molar-refractivity contribution in [2.75, 3.05) is 32.1 Å². The SMILES string of the molecule is C[C@H](C(=O)N1CCOC1=O)[C@H](O)c1ccc(N(C)C)cc1. The maximum Gasteiger partial charge on any atom is 0.416 e. The minimum absolute atomic E-state index is 0.213. The van der Waals surface area contributed by atoms with E-state index in [1.807, 2.05) is 31.1 Å². The van der Waals surface area contributed by atoms with E-state index in [9.17, 15) is 14.7 Å². The molecule has 1 aliphatic rings. The summed E-state index contributed by atoms with van der Waals surface area (Å²) in [6.45, 7) is 2.07. The molecule has 1 saturated heterocycles. The fourth-order valence-corrected chi connectivity index (χ4v) is 2.23. The van der Waals surface area contributed by atoms with Gasteiger partial charge in [-0.25, -0.2) is 9.69 Å². The second kappa shape index (κ2) is 6.13. The van der Waals surface area contributed by atoms with E-state index in [1.165, 1.54) is 0 Å². The lowest BCUT2D eigenvalue weighted by Gasteiger charge is -2.22. The molecule has 1 N–H and O–H groups in total. The maximum absolute atomic E-state index is 12.2. The molecule has 1 heterocycles. The standard InChI is InChI=1S/C15H20N2O4/c1-10(14(19)17-8-9-21-15(17)20)13(18)11-4-6-12(7-5-11)16(2)3/h4-7,10,13,18H,8-9H2,1-3H3/t10-,13-/m0/s1. The van der Waals surface area contributed by atoms with E-state index in [1.54, 1.807) is 19.1 Å². The first-order valence-electron chi connectivity index (χ1n) is 6.85. The van der Waals surface area contributed by atoms with E-state index in [4.69, 9.17) is 4.74 Å². The smallest absolute Gasteiger partial charge is 0.416 e. The number of anilines is 1. The molecule has 0 unspecified atom stereocenters. The molecular weight excluding hydrogens is 272 g/mol. The molecule has 2 amide bonds. The Morgan fingerprint density at radius 1 is 1.33 bits per heavy atom. The van der Waals surface area contributed by atoms with E-state index >= 15 is 0 Å². The summed E-state index contributed by atoms with van der Waals surface area (Å²) in [6.07, 6.45) is -1.59. The lowest BCUT2D eigenvalue weighted by Crippen LogP contribution is -2.38. The van der Waals surface area contributed by atoms with Crippen molar-refractivity contribution in [1.29, 1.82) is 0 Å². The quantitative estimate of drug-likeness (QED) is 0.908. The van der Waals surface area contributed by atoms with Crippen LogP contribution >= 0.6 is 0 Å². The van der Waals surface area contributed by atoms with Crippen LogP contribution in [0.25, 0.3) is 0 Å². The van der Waals surface area contributed by atoms with Gasteiger partial charge in [-0.15, -0.1) is 0 Å². The van der Waals surface area contributed by atoms with Crippen molar-refractivity contribution in [1.82, 2.24) is 4.90 Å². The summed E-state index contributed by atoms with van der Waals surface area (Å²) < 4.78 is 4.74. The average molecular weight is 292 g/mol. The van der Waals surface area contributed by atoms with Gasteiger partial charge in [-0.3, -0.25) is 4.79 Å². The number of nitrogens with zero attached hydrogens (tertiary/aromatic N) is 2. The summed E-state index contributed by atoms with van der Waals surface area (Å²) in [7, 11) is 3.85. The fraction of sp³-hybridized carbons (Fsp3) is 0.467. The molecule has 1 fully saturated rings. The van der Waals surface area contributed by atoms with Crippen molar-refractivity contribution < 1.29 is 19.4 Å². The molecule has 0 bridgehead atoms. The number of carbonyl (C=O) groups is 2. The molecule has 114 valence electrons. The van der Waals surface area contributed by atoms with Crippen molar-refractivity contribution in [3.8, 4) is 0 Å². The number of ether oxygens (including phenoxy) is 1. The van der Waals surface area contributed by atoms with Crippen LogP contribution in [0.5, 0.6) is 0 Å². The molecule has 2 rings (SSSR count). The molecule has 1 aromatic rings. The normalized spacial score (nSPS) is 17.3. The predicted octanol–water partition coefficient (Wildman–Crippen LogP) is 1.40. The van der Waals surface area contributed by atoms with Crippen LogP contribution in [0.3, 0.4) is 0 Å². The van der Waals surface area contributed by atoms with Gasteiger partial charge < -0.3 is 14.7 Å². The molecule has 1 aliphatic heterocycles. The maximum atomic E-state index is 12.2. The van der Waals surface area contributed by atoms with E-state index in [0.29, 0.717) is 5.56 Å². The van der Waals surface area contributed by atoms with Gasteiger partial charge in [0, 0.05) is 19.8 Å². The number of amides is 2. The Balaban J connectivity index is 2.09. The summed E-state index contributed by atoms with van der Waals surface area (Å²) in [5.41, 5.74) is 1.65. The van der Waals surface area contributed by atoms with Crippen LogP contribution in [0.2, 0.25) is 0 Å². The first kappa shape index (κ1) is 15.3. The van der Waals surface area contributed by atoms with Crippen LogP contribution in [-0.2, 0) is 9.53 Å². The number of carbonyl (C=O) groups excluding carboxylic acids is 2. The van der Waals surface area contributed by atoms with Gasteiger partial charge in [0.15, 0.2) is 0 Å². The topological polar surface area (TPSA) is 70.1 Å². The molecule has 1 aromatic carbocycles. The number of rotatable bonds is 4. The largest absolute Gasteiger partial charge is 0.447 e. The van der Waals surface area contributed by atoms with Crippen LogP contribution in [0, 0.1) is 5.92 Å². The third-order valence-electron chi connectivity index (χ3n) is 3.64. The Morgan fingerprint density at radius 2 is 1.95 bits per heavy atom. The van der Waals surface area contributed by atoms with Crippen LogP contribution < -0.4 is 4.90 Å². The number of imide groups is 1. The molecule has 6 nitrogen and oxygen atoms in total. The molecule has 6 heteroatoms. The molecule has 2 atom stereocenters. The summed E-state index contributed by atoms with van der Waals surface area (Å²) in [5.74, 6) is -1.12. The second-order valence-corrected chi connectivity index (χ2v) is 5.32. The Labute approximate surface area is 123 Å². The van der Waals surface area contributed by atoms with Crippen LogP contribution in [0.4, 0.5) is 10.5 Å². The highest BCUT2D eigenvalue weighted by molar-refractivity contribution is 5.94. The molecule has 0 saturated carbocycles. The van der Waals surface area contributed by atoms with E-state index in [2.05, 4.69) is 0 Å². The van der Waals surface area contributed by atoms with Crippen molar-refractivity contribution in [3.05, 3.63) is 29.8 Å². The first-order chi connectivity index (χ1) is 9.91. The summed E-state index contributed by atoms with van der Waals surface area (Å²) in [5, 5.41) is 10.3. The summed E-state index contributed by atoms with van der Waals surface area (Å²) in [6, 6.07) is 7.32. The molecular formula is C15H20N2O4. The Hall–Kier alpha value is -2.08. The molecule has 21 heavy (non-hydrogen) atoms. The molecule has 0 aliphatic carbocycles. The minimum Gasteiger partial charge on any atom is -0.447 e. The molecule has 0 aromatic heterocycles. The number of benzene rings is 1. The lowest BCUT2D eigenvalue weighted by molar-refractivity contribution is -0.135. The summed E-state index contributed by atoms with van der Waals surface area (Å²) >= 11 is 0. The van der Waals surface area contributed by atoms with Crippen LogP contribution in [0.15, 0.2) is 24.3 Å². The predicted molar refractivity (Wildman–Crippen MR) is 78.0 cm³/mol. The van der Waals surface area contributed by atoms with Gasteiger partial charge in [-0.2, -0.15) is 0 Å². The molecule has 0 spiro atoms. The monoisotopic (exact) mass is 292 g/mol. The van der Waals surface area contributed by atoms with Gasteiger partial charge in [0.25, 0.3) is 0 Å². The fourth-order valence-electron chi connectivity index (χ4n) is 2.23. The van der Waals surface area contributed by atoms with E-state index < -0.39 is 24.0 Å². The minimum atomic E-state index is -0.956. The van der Waals surface area contributed by atoms with E-state index in [-0.39, 0.29) is 13.2 Å². The third-order valence-corrected chi connectivity index (χ3v) is 3.64. The number of cyclic esters (lactones) is 1. The first-order valence-corrected chi connectivity index (χ1v) is 6.85. The zero-order chi connectivity index (χ0) is 15.6. The van der Waals surface area contributed by atoms with Gasteiger partial charge in [-0.05, 0) is 17.7 Å². The van der Waals surface area contributed by atoms with Crippen LogP contribution in [-0.4, -0.2) is 49.3 Å². The van der Waals surface area contributed by atoms with Crippen molar-refractivity contribution in [2.45, 2.75) is 13.0 Å². The number of aliphatic hydroxyl groups is 1. The number of aliphatic hydroxyl groups excluding tert-OH is 1. The van der Waals surface area contributed by atoms with Gasteiger partial charge >= 0.3 is 6.09 Å². The Kier molecular flexibility index (Phi) is 4.47. The highest BCUT2D eigenvalue weighted by Gasteiger charge is 2.34.